The minimum absolute atomic E-state index is 0.317. The van der Waals surface area contributed by atoms with Crippen LogP contribution in [0, 0.1) is 52.3 Å². The van der Waals surface area contributed by atoms with Gasteiger partial charge in [-0.05, 0) is 99.7 Å². The maximum Gasteiger partial charge on any atom is 0.270 e. The second kappa shape index (κ2) is 7.27. The van der Waals surface area contributed by atoms with Gasteiger partial charge in [-0.25, -0.2) is 8.78 Å². The Morgan fingerprint density at radius 3 is 2.65 bits per heavy atom. The number of rotatable bonds is 3. The topological polar surface area (TPSA) is 61.8 Å². The van der Waals surface area contributed by atoms with Crippen molar-refractivity contribution >= 4 is 0 Å². The third-order valence-electron chi connectivity index (χ3n) is 9.88. The van der Waals surface area contributed by atoms with Gasteiger partial charge in [0.15, 0.2) is 0 Å². The molecule has 0 aliphatic heterocycles. The molecular weight excluding hydrogens is 396 g/mol. The fourth-order valence-corrected chi connectivity index (χ4v) is 8.61. The van der Waals surface area contributed by atoms with E-state index in [-0.39, 0.29) is 5.41 Å². The molecule has 170 valence electrons. The maximum atomic E-state index is 15.6. The largest absolute Gasteiger partial charge is 0.390 e. The SMILES string of the molecule is C[C@@]1(O)CC[C@H]2[C@H](CC[C@@H]3[C@@H]2CC[C@]2(C)[C@@H](C(F)(F)Cn4cc(C#N)cn4)CC[C@@H]32)C1. The maximum absolute atomic E-state index is 15.6. The van der Waals surface area contributed by atoms with Gasteiger partial charge in [-0.15, -0.1) is 0 Å². The van der Waals surface area contributed by atoms with E-state index in [9.17, 15) is 5.11 Å². The average molecular weight is 432 g/mol. The number of halogens is 2. The molecule has 5 rings (SSSR count). The highest BCUT2D eigenvalue weighted by Crippen LogP contribution is 2.66. The molecule has 4 fully saturated rings. The summed E-state index contributed by atoms with van der Waals surface area (Å²) in [6.07, 6.45) is 11.4. The number of nitriles is 1. The monoisotopic (exact) mass is 431 g/mol. The van der Waals surface area contributed by atoms with E-state index in [1.54, 1.807) is 0 Å². The van der Waals surface area contributed by atoms with Gasteiger partial charge in [-0.1, -0.05) is 6.92 Å². The van der Waals surface area contributed by atoms with Crippen LogP contribution in [0.1, 0.15) is 77.2 Å². The van der Waals surface area contributed by atoms with Crippen LogP contribution in [0.2, 0.25) is 0 Å². The predicted octanol–water partition coefficient (Wildman–Crippen LogP) is 5.41. The molecule has 0 unspecified atom stereocenters. The standard InChI is InChI=1S/C25H35F2N3O/c1-23(31)9-7-18-17(11-23)3-4-20-19(18)8-10-24(2)21(20)5-6-22(24)25(26,27)15-30-14-16(12-28)13-29-30/h13-14,17-22,31H,3-11,15H2,1-2H3/t17-,18+,19-,20-,21+,22+,23-,24+/m1/s1. The third-order valence-corrected chi connectivity index (χ3v) is 9.88. The zero-order chi connectivity index (χ0) is 22.0. The first-order valence-electron chi connectivity index (χ1n) is 12.2. The average Bonchev–Trinajstić information content (AvgIpc) is 3.30. The molecule has 1 aromatic rings. The minimum atomic E-state index is -2.82. The van der Waals surface area contributed by atoms with Crippen LogP contribution in [-0.4, -0.2) is 26.4 Å². The van der Waals surface area contributed by atoms with Crippen LogP contribution in [0.5, 0.6) is 0 Å². The lowest BCUT2D eigenvalue weighted by Gasteiger charge is -2.57. The Balaban J connectivity index is 1.33. The summed E-state index contributed by atoms with van der Waals surface area (Å²) in [6.45, 7) is 3.69. The van der Waals surface area contributed by atoms with E-state index in [0.29, 0.717) is 41.6 Å². The second-order valence-corrected chi connectivity index (χ2v) is 11.6. The van der Waals surface area contributed by atoms with Crippen LogP contribution in [0.3, 0.4) is 0 Å². The Morgan fingerprint density at radius 1 is 1.13 bits per heavy atom. The zero-order valence-electron chi connectivity index (χ0n) is 18.7. The van der Waals surface area contributed by atoms with Crippen LogP contribution >= 0.6 is 0 Å². The van der Waals surface area contributed by atoms with Gasteiger partial charge in [0.05, 0.1) is 17.4 Å². The summed E-state index contributed by atoms with van der Waals surface area (Å²) in [5.41, 5.74) is -0.506. The van der Waals surface area contributed by atoms with Crippen molar-refractivity contribution in [2.75, 3.05) is 0 Å². The fraction of sp³-hybridized carbons (Fsp3) is 0.840. The van der Waals surface area contributed by atoms with Gasteiger partial charge >= 0.3 is 0 Å². The molecular formula is C25H35F2N3O. The van der Waals surface area contributed by atoms with Crippen LogP contribution in [-0.2, 0) is 6.54 Å². The molecule has 4 saturated carbocycles. The van der Waals surface area contributed by atoms with Crippen molar-refractivity contribution in [1.29, 1.82) is 5.26 Å². The van der Waals surface area contributed by atoms with Gasteiger partial charge in [0, 0.05) is 12.1 Å². The highest BCUT2D eigenvalue weighted by molar-refractivity contribution is 5.21. The number of aliphatic hydroxyl groups is 1. The normalized spacial score (nSPS) is 44.8. The summed E-state index contributed by atoms with van der Waals surface area (Å²) in [5, 5.41) is 23.5. The van der Waals surface area contributed by atoms with Gasteiger partial charge in [-0.3, -0.25) is 4.68 Å². The van der Waals surface area contributed by atoms with E-state index in [2.05, 4.69) is 12.0 Å². The Morgan fingerprint density at radius 2 is 1.90 bits per heavy atom. The molecule has 6 heteroatoms. The van der Waals surface area contributed by atoms with E-state index < -0.39 is 24.0 Å². The van der Waals surface area contributed by atoms with Gasteiger partial charge in [0.2, 0.25) is 0 Å². The van der Waals surface area contributed by atoms with Crippen molar-refractivity contribution in [3.8, 4) is 6.07 Å². The number of fused-ring (bicyclic) bond motifs is 5. The lowest BCUT2D eigenvalue weighted by molar-refractivity contribution is -0.148. The van der Waals surface area contributed by atoms with E-state index in [1.807, 2.05) is 13.0 Å². The zero-order valence-corrected chi connectivity index (χ0v) is 18.7. The molecule has 1 N–H and O–H groups in total. The molecule has 4 aliphatic carbocycles. The Labute approximate surface area is 184 Å². The molecule has 31 heavy (non-hydrogen) atoms. The Hall–Kier alpha value is -1.48. The minimum Gasteiger partial charge on any atom is -0.390 e. The summed E-state index contributed by atoms with van der Waals surface area (Å²) in [4.78, 5) is 0. The first-order valence-corrected chi connectivity index (χ1v) is 12.2. The van der Waals surface area contributed by atoms with Crippen LogP contribution < -0.4 is 0 Å². The summed E-state index contributed by atoms with van der Waals surface area (Å²) >= 11 is 0. The first-order chi connectivity index (χ1) is 14.6. The smallest absolute Gasteiger partial charge is 0.270 e. The van der Waals surface area contributed by atoms with Crippen molar-refractivity contribution < 1.29 is 13.9 Å². The van der Waals surface area contributed by atoms with Crippen molar-refractivity contribution in [3.63, 3.8) is 0 Å². The number of nitrogens with zero attached hydrogens (tertiary/aromatic N) is 3. The van der Waals surface area contributed by atoms with E-state index in [4.69, 9.17) is 5.26 Å². The molecule has 4 aliphatic rings. The van der Waals surface area contributed by atoms with Crippen LogP contribution in [0.15, 0.2) is 12.4 Å². The summed E-state index contributed by atoms with van der Waals surface area (Å²) < 4.78 is 32.4. The van der Waals surface area contributed by atoms with Gasteiger partial charge in [-0.2, -0.15) is 10.4 Å². The highest BCUT2D eigenvalue weighted by atomic mass is 19.3. The molecule has 0 radical (unpaired) electrons. The molecule has 0 amide bonds. The number of hydrogen-bond acceptors (Lipinski definition) is 3. The molecule has 0 saturated heterocycles. The second-order valence-electron chi connectivity index (χ2n) is 11.6. The number of hydrogen-bond donors (Lipinski definition) is 1. The van der Waals surface area contributed by atoms with Gasteiger partial charge in [0.1, 0.15) is 12.6 Å². The highest BCUT2D eigenvalue weighted by Gasteiger charge is 2.62. The predicted molar refractivity (Wildman–Crippen MR) is 113 cm³/mol. The van der Waals surface area contributed by atoms with Crippen molar-refractivity contribution in [2.24, 2.45) is 40.9 Å². The Bertz CT molecular complexity index is 874. The Kier molecular flexibility index (Phi) is 5.01. The van der Waals surface area contributed by atoms with E-state index >= 15 is 8.78 Å². The summed E-state index contributed by atoms with van der Waals surface area (Å²) in [7, 11) is 0. The lowest BCUT2D eigenvalue weighted by Crippen LogP contribution is -2.52. The number of aromatic nitrogens is 2. The van der Waals surface area contributed by atoms with Gasteiger partial charge < -0.3 is 5.11 Å². The van der Waals surface area contributed by atoms with Crippen molar-refractivity contribution in [2.45, 2.75) is 89.7 Å². The van der Waals surface area contributed by atoms with Crippen molar-refractivity contribution in [1.82, 2.24) is 9.78 Å². The quantitative estimate of drug-likeness (QED) is 0.696. The summed E-state index contributed by atoms with van der Waals surface area (Å²) in [5.74, 6) is -0.541. The van der Waals surface area contributed by atoms with E-state index in [0.717, 1.165) is 51.4 Å². The lowest BCUT2D eigenvalue weighted by atomic mass is 9.49. The van der Waals surface area contributed by atoms with E-state index in [1.165, 1.54) is 17.1 Å². The number of alkyl halides is 2. The third kappa shape index (κ3) is 3.52. The molecule has 0 spiro atoms. The fourth-order valence-electron chi connectivity index (χ4n) is 8.61. The van der Waals surface area contributed by atoms with Crippen LogP contribution in [0.4, 0.5) is 8.78 Å². The molecule has 0 aromatic carbocycles. The summed E-state index contributed by atoms with van der Waals surface area (Å²) in [6, 6.07) is 1.97. The molecule has 0 bridgehead atoms. The van der Waals surface area contributed by atoms with Crippen LogP contribution in [0.25, 0.3) is 0 Å². The molecule has 1 aromatic heterocycles. The van der Waals surface area contributed by atoms with Crippen molar-refractivity contribution in [3.05, 3.63) is 18.0 Å². The van der Waals surface area contributed by atoms with Gasteiger partial charge in [0.25, 0.3) is 5.92 Å². The first kappa shape index (κ1) is 21.4. The molecule has 8 atom stereocenters. The molecule has 4 nitrogen and oxygen atoms in total. The molecule has 1 heterocycles.